The van der Waals surface area contributed by atoms with Gasteiger partial charge in [-0.25, -0.2) is 4.79 Å². The maximum atomic E-state index is 12.3. The van der Waals surface area contributed by atoms with E-state index in [1.165, 1.54) is 11.3 Å². The van der Waals surface area contributed by atoms with Gasteiger partial charge in [0.2, 0.25) is 0 Å². The van der Waals surface area contributed by atoms with E-state index in [0.717, 1.165) is 37.5 Å². The third-order valence-electron chi connectivity index (χ3n) is 4.57. The molecule has 0 aliphatic carbocycles. The minimum Gasteiger partial charge on any atom is -0.492 e. The lowest BCUT2D eigenvalue weighted by Gasteiger charge is -2.36. The van der Waals surface area contributed by atoms with Gasteiger partial charge < -0.3 is 19.9 Å². The fraction of sp³-hybridized carbons (Fsp3) is 0.381. The summed E-state index contributed by atoms with van der Waals surface area (Å²) >= 11 is 0. The van der Waals surface area contributed by atoms with Gasteiger partial charge in [0.1, 0.15) is 12.4 Å². The van der Waals surface area contributed by atoms with Crippen molar-refractivity contribution in [1.82, 2.24) is 10.2 Å². The third kappa shape index (κ3) is 4.91. The van der Waals surface area contributed by atoms with Crippen molar-refractivity contribution in [3.8, 4) is 5.75 Å². The lowest BCUT2D eigenvalue weighted by atomic mass is 10.2. The number of aryl methyl sites for hydroxylation is 2. The largest absolute Gasteiger partial charge is 0.492 e. The molecule has 0 atom stereocenters. The fourth-order valence-electron chi connectivity index (χ4n) is 3.14. The van der Waals surface area contributed by atoms with Gasteiger partial charge in [-0.15, -0.1) is 0 Å². The number of nitrogens with one attached hydrogen (secondary N) is 1. The minimum atomic E-state index is -0.0123. The summed E-state index contributed by atoms with van der Waals surface area (Å²) in [6, 6.07) is 16.4. The highest BCUT2D eigenvalue weighted by atomic mass is 16.5. The molecule has 0 spiro atoms. The third-order valence-corrected chi connectivity index (χ3v) is 4.57. The summed E-state index contributed by atoms with van der Waals surface area (Å²) in [5, 5.41) is 2.94. The smallest absolute Gasteiger partial charge is 0.317 e. The Morgan fingerprint density at radius 2 is 1.69 bits per heavy atom. The number of nitrogens with zero attached hydrogens (tertiary/aromatic N) is 2. The first-order valence-corrected chi connectivity index (χ1v) is 9.16. The van der Waals surface area contributed by atoms with E-state index in [9.17, 15) is 4.79 Å². The van der Waals surface area contributed by atoms with E-state index in [4.69, 9.17) is 4.74 Å². The Hall–Kier alpha value is -2.69. The van der Waals surface area contributed by atoms with E-state index in [1.807, 2.05) is 36.1 Å². The van der Waals surface area contributed by atoms with Crippen molar-refractivity contribution in [2.45, 2.75) is 13.8 Å². The number of carbonyl (C=O) groups excluding carboxylic acids is 1. The van der Waals surface area contributed by atoms with Crippen LogP contribution in [0.15, 0.2) is 48.5 Å². The Kier molecular flexibility index (Phi) is 6.00. The van der Waals surface area contributed by atoms with Gasteiger partial charge in [0, 0.05) is 31.9 Å². The number of urea groups is 1. The first-order chi connectivity index (χ1) is 12.6. The molecule has 0 bridgehead atoms. The van der Waals surface area contributed by atoms with E-state index in [0.29, 0.717) is 13.2 Å². The van der Waals surface area contributed by atoms with Gasteiger partial charge in [-0.3, -0.25) is 0 Å². The van der Waals surface area contributed by atoms with Crippen molar-refractivity contribution in [2.75, 3.05) is 44.2 Å². The van der Waals surface area contributed by atoms with Crippen molar-refractivity contribution >= 4 is 11.7 Å². The van der Waals surface area contributed by atoms with Crippen LogP contribution in [0.25, 0.3) is 0 Å². The zero-order chi connectivity index (χ0) is 18.4. The molecular formula is C21H27N3O2. The van der Waals surface area contributed by atoms with E-state index >= 15 is 0 Å². The molecule has 0 unspecified atom stereocenters. The van der Waals surface area contributed by atoms with Crippen LogP contribution in [0.5, 0.6) is 5.75 Å². The highest BCUT2D eigenvalue weighted by Crippen LogP contribution is 2.17. The van der Waals surface area contributed by atoms with E-state index in [2.05, 4.69) is 41.4 Å². The Morgan fingerprint density at radius 1 is 1.00 bits per heavy atom. The lowest BCUT2D eigenvalue weighted by molar-refractivity contribution is 0.191. The molecule has 0 radical (unpaired) electrons. The quantitative estimate of drug-likeness (QED) is 0.840. The molecule has 2 aromatic rings. The lowest BCUT2D eigenvalue weighted by Crippen LogP contribution is -2.52. The van der Waals surface area contributed by atoms with E-state index in [-0.39, 0.29) is 6.03 Å². The van der Waals surface area contributed by atoms with Crippen LogP contribution in [0.1, 0.15) is 11.1 Å². The summed E-state index contributed by atoms with van der Waals surface area (Å²) in [4.78, 5) is 16.5. The molecule has 0 aromatic heterocycles. The molecule has 3 rings (SSSR count). The highest BCUT2D eigenvalue weighted by molar-refractivity contribution is 5.74. The standard InChI is InChI=1S/C21H27N3O2/c1-17-5-3-7-19(15-17)23-10-12-24(13-11-23)21(25)22-9-14-26-20-8-4-6-18(2)16-20/h3-8,15-16H,9-14H2,1-2H3,(H,22,25). The summed E-state index contributed by atoms with van der Waals surface area (Å²) < 4.78 is 5.67. The van der Waals surface area contributed by atoms with Crippen LogP contribution in [-0.4, -0.2) is 50.3 Å². The molecule has 2 aromatic carbocycles. The molecule has 5 nitrogen and oxygen atoms in total. The van der Waals surface area contributed by atoms with Crippen molar-refractivity contribution in [3.63, 3.8) is 0 Å². The Labute approximate surface area is 155 Å². The summed E-state index contributed by atoms with van der Waals surface area (Å²) in [6.07, 6.45) is 0. The minimum absolute atomic E-state index is 0.0123. The molecule has 1 aliphatic rings. The predicted molar refractivity (Wildman–Crippen MR) is 105 cm³/mol. The molecule has 5 heteroatoms. The van der Waals surface area contributed by atoms with Gasteiger partial charge in [-0.1, -0.05) is 24.3 Å². The maximum Gasteiger partial charge on any atom is 0.317 e. The number of benzene rings is 2. The highest BCUT2D eigenvalue weighted by Gasteiger charge is 2.20. The van der Waals surface area contributed by atoms with Gasteiger partial charge in [-0.05, 0) is 49.2 Å². The number of ether oxygens (including phenoxy) is 1. The molecule has 1 heterocycles. The summed E-state index contributed by atoms with van der Waals surface area (Å²) in [7, 11) is 0. The average Bonchev–Trinajstić information content (AvgIpc) is 2.65. The molecule has 2 amide bonds. The molecule has 26 heavy (non-hydrogen) atoms. The van der Waals surface area contributed by atoms with Gasteiger partial charge in [0.15, 0.2) is 0 Å². The number of rotatable bonds is 5. The molecule has 0 saturated carbocycles. The predicted octanol–water partition coefficient (Wildman–Crippen LogP) is 3.21. The molecular weight excluding hydrogens is 326 g/mol. The zero-order valence-electron chi connectivity index (χ0n) is 15.6. The molecule has 1 aliphatic heterocycles. The van der Waals surface area contributed by atoms with Crippen LogP contribution in [0.3, 0.4) is 0 Å². The number of piperazine rings is 1. The second-order valence-electron chi connectivity index (χ2n) is 6.71. The first-order valence-electron chi connectivity index (χ1n) is 9.16. The fourth-order valence-corrected chi connectivity index (χ4v) is 3.14. The van der Waals surface area contributed by atoms with Crippen LogP contribution >= 0.6 is 0 Å². The number of hydrogen-bond acceptors (Lipinski definition) is 3. The van der Waals surface area contributed by atoms with Crippen molar-refractivity contribution in [2.24, 2.45) is 0 Å². The summed E-state index contributed by atoms with van der Waals surface area (Å²) in [5.41, 5.74) is 3.66. The number of amides is 2. The number of carbonyl (C=O) groups is 1. The van der Waals surface area contributed by atoms with Crippen LogP contribution in [0.4, 0.5) is 10.5 Å². The Morgan fingerprint density at radius 3 is 2.38 bits per heavy atom. The Balaban J connectivity index is 1.38. The second-order valence-corrected chi connectivity index (χ2v) is 6.71. The topological polar surface area (TPSA) is 44.8 Å². The zero-order valence-corrected chi connectivity index (χ0v) is 15.6. The molecule has 1 saturated heterocycles. The van der Waals surface area contributed by atoms with E-state index in [1.54, 1.807) is 0 Å². The van der Waals surface area contributed by atoms with Crippen LogP contribution in [0, 0.1) is 13.8 Å². The van der Waals surface area contributed by atoms with Gasteiger partial charge in [-0.2, -0.15) is 0 Å². The SMILES string of the molecule is Cc1cccc(OCCNC(=O)N2CCN(c3cccc(C)c3)CC2)c1. The van der Waals surface area contributed by atoms with Crippen LogP contribution in [0.2, 0.25) is 0 Å². The van der Waals surface area contributed by atoms with Crippen molar-refractivity contribution in [3.05, 3.63) is 59.7 Å². The van der Waals surface area contributed by atoms with Crippen LogP contribution < -0.4 is 15.0 Å². The van der Waals surface area contributed by atoms with Crippen molar-refractivity contribution < 1.29 is 9.53 Å². The van der Waals surface area contributed by atoms with Gasteiger partial charge in [0.05, 0.1) is 6.54 Å². The van der Waals surface area contributed by atoms with Gasteiger partial charge in [0.25, 0.3) is 0 Å². The number of anilines is 1. The number of hydrogen-bond donors (Lipinski definition) is 1. The molecule has 1 fully saturated rings. The van der Waals surface area contributed by atoms with E-state index < -0.39 is 0 Å². The van der Waals surface area contributed by atoms with Crippen molar-refractivity contribution in [1.29, 1.82) is 0 Å². The monoisotopic (exact) mass is 353 g/mol. The first kappa shape index (κ1) is 18.1. The van der Waals surface area contributed by atoms with Crippen LogP contribution in [-0.2, 0) is 0 Å². The average molecular weight is 353 g/mol. The molecule has 138 valence electrons. The Bertz CT molecular complexity index is 740. The summed E-state index contributed by atoms with van der Waals surface area (Å²) in [5.74, 6) is 0.839. The summed E-state index contributed by atoms with van der Waals surface area (Å²) in [6.45, 7) is 8.30. The molecule has 1 N–H and O–H groups in total. The maximum absolute atomic E-state index is 12.3. The van der Waals surface area contributed by atoms with Gasteiger partial charge >= 0.3 is 6.03 Å². The normalized spacial score (nSPS) is 14.2. The second kappa shape index (κ2) is 8.61.